The molecule has 1 heterocycles. The molecule has 3 aromatic rings. The molecule has 1 aliphatic rings. The number of amidine groups is 1. The summed E-state index contributed by atoms with van der Waals surface area (Å²) in [6.45, 7) is 0.335. The average Bonchev–Trinajstić information content (AvgIpc) is 3.12. The van der Waals surface area contributed by atoms with E-state index in [4.69, 9.17) is 32.7 Å². The Bertz CT molecular complexity index is 1210. The van der Waals surface area contributed by atoms with Crippen LogP contribution in [0.5, 0.6) is 11.5 Å². The third-order valence-electron chi connectivity index (χ3n) is 4.50. The summed E-state index contributed by atoms with van der Waals surface area (Å²) >= 11 is 13.5. The minimum atomic E-state index is -0.233. The van der Waals surface area contributed by atoms with Crippen LogP contribution < -0.4 is 14.8 Å². The van der Waals surface area contributed by atoms with Crippen molar-refractivity contribution in [1.29, 1.82) is 0 Å². The van der Waals surface area contributed by atoms with E-state index in [9.17, 15) is 4.79 Å². The molecular formula is C24H18Cl2N2O3S. The van der Waals surface area contributed by atoms with Crippen LogP contribution in [0.3, 0.4) is 0 Å². The van der Waals surface area contributed by atoms with E-state index in [1.54, 1.807) is 31.4 Å². The van der Waals surface area contributed by atoms with Gasteiger partial charge in [-0.05, 0) is 78.0 Å². The predicted octanol–water partition coefficient (Wildman–Crippen LogP) is 6.47. The molecule has 0 unspecified atom stereocenters. The second kappa shape index (κ2) is 10.1. The first-order chi connectivity index (χ1) is 15.5. The largest absolute Gasteiger partial charge is 0.497 e. The maximum absolute atomic E-state index is 12.5. The van der Waals surface area contributed by atoms with Crippen LogP contribution in [-0.4, -0.2) is 18.2 Å². The molecule has 4 rings (SSSR count). The molecule has 0 atom stereocenters. The summed E-state index contributed by atoms with van der Waals surface area (Å²) in [5.74, 6) is 1.11. The van der Waals surface area contributed by atoms with Crippen molar-refractivity contribution in [3.63, 3.8) is 0 Å². The van der Waals surface area contributed by atoms with E-state index in [2.05, 4.69) is 10.3 Å². The number of hydrogen-bond donors (Lipinski definition) is 1. The zero-order valence-corrected chi connectivity index (χ0v) is 19.3. The van der Waals surface area contributed by atoms with Gasteiger partial charge in [0.2, 0.25) is 0 Å². The highest BCUT2D eigenvalue weighted by Gasteiger charge is 2.24. The molecule has 0 bridgehead atoms. The highest BCUT2D eigenvalue weighted by Crippen LogP contribution is 2.32. The van der Waals surface area contributed by atoms with Gasteiger partial charge in [-0.1, -0.05) is 35.3 Å². The molecule has 1 aliphatic heterocycles. The maximum atomic E-state index is 12.5. The van der Waals surface area contributed by atoms with E-state index >= 15 is 0 Å². The van der Waals surface area contributed by atoms with Gasteiger partial charge in [0.1, 0.15) is 18.1 Å². The first-order valence-electron chi connectivity index (χ1n) is 9.60. The van der Waals surface area contributed by atoms with Gasteiger partial charge in [-0.15, -0.1) is 0 Å². The number of rotatable bonds is 6. The van der Waals surface area contributed by atoms with Gasteiger partial charge in [-0.3, -0.25) is 4.79 Å². The van der Waals surface area contributed by atoms with Gasteiger partial charge in [0.15, 0.2) is 5.17 Å². The van der Waals surface area contributed by atoms with Crippen molar-refractivity contribution in [2.75, 3.05) is 7.11 Å². The molecule has 0 radical (unpaired) electrons. The number of aliphatic imine (C=N–C) groups is 1. The number of hydrogen-bond acceptors (Lipinski definition) is 5. The molecule has 162 valence electrons. The van der Waals surface area contributed by atoms with Gasteiger partial charge in [-0.2, -0.15) is 0 Å². The van der Waals surface area contributed by atoms with Gasteiger partial charge in [0, 0.05) is 15.6 Å². The normalized spacial score (nSPS) is 15.8. The quantitative estimate of drug-likeness (QED) is 0.407. The maximum Gasteiger partial charge on any atom is 0.264 e. The Balaban J connectivity index is 1.54. The Hall–Kier alpha value is -2.93. The molecule has 1 N–H and O–H groups in total. The van der Waals surface area contributed by atoms with Crippen LogP contribution in [0.25, 0.3) is 6.08 Å². The topological polar surface area (TPSA) is 59.9 Å². The third-order valence-corrected chi connectivity index (χ3v) is 5.88. The predicted molar refractivity (Wildman–Crippen MR) is 131 cm³/mol. The molecule has 8 heteroatoms. The van der Waals surface area contributed by atoms with Crippen molar-refractivity contribution < 1.29 is 14.3 Å². The van der Waals surface area contributed by atoms with E-state index in [1.807, 2.05) is 48.5 Å². The molecule has 0 saturated carbocycles. The number of nitrogens with one attached hydrogen (secondary N) is 1. The fourth-order valence-electron chi connectivity index (χ4n) is 2.95. The second-order valence-electron chi connectivity index (χ2n) is 6.78. The summed E-state index contributed by atoms with van der Waals surface area (Å²) in [6, 6.07) is 20.0. The summed E-state index contributed by atoms with van der Waals surface area (Å²) < 4.78 is 11.1. The molecular weight excluding hydrogens is 467 g/mol. The van der Waals surface area contributed by atoms with Gasteiger partial charge in [0.05, 0.1) is 17.7 Å². The summed E-state index contributed by atoms with van der Waals surface area (Å²) in [6.07, 6.45) is 1.75. The van der Waals surface area contributed by atoms with E-state index in [-0.39, 0.29) is 5.91 Å². The Morgan fingerprint density at radius 1 is 1.03 bits per heavy atom. The number of methoxy groups -OCH3 is 1. The van der Waals surface area contributed by atoms with Crippen LogP contribution >= 0.6 is 35.0 Å². The van der Waals surface area contributed by atoms with Crippen molar-refractivity contribution in [2.45, 2.75) is 6.61 Å². The van der Waals surface area contributed by atoms with E-state index in [0.29, 0.717) is 43.7 Å². The summed E-state index contributed by atoms with van der Waals surface area (Å²) in [7, 11) is 1.60. The lowest BCUT2D eigenvalue weighted by atomic mass is 10.1. The highest BCUT2D eigenvalue weighted by molar-refractivity contribution is 8.18. The van der Waals surface area contributed by atoms with Crippen LogP contribution in [-0.2, 0) is 11.4 Å². The van der Waals surface area contributed by atoms with E-state index < -0.39 is 0 Å². The smallest absolute Gasteiger partial charge is 0.264 e. The van der Waals surface area contributed by atoms with Crippen molar-refractivity contribution in [2.24, 2.45) is 4.99 Å². The Morgan fingerprint density at radius 2 is 1.81 bits per heavy atom. The van der Waals surface area contributed by atoms with E-state index in [1.165, 1.54) is 11.8 Å². The SMILES string of the molecule is COc1ccc(N=C2NC(=O)/C(=C/c3cc(Cl)ccc3OCc3cccc(Cl)c3)S2)cc1. The Labute approximate surface area is 200 Å². The first kappa shape index (κ1) is 22.3. The fraction of sp³-hybridized carbons (Fsp3) is 0.0833. The van der Waals surface area contributed by atoms with Crippen LogP contribution in [0.2, 0.25) is 10.0 Å². The zero-order valence-electron chi connectivity index (χ0n) is 17.0. The average molecular weight is 485 g/mol. The number of amides is 1. The summed E-state index contributed by atoms with van der Waals surface area (Å²) in [5.41, 5.74) is 2.35. The lowest BCUT2D eigenvalue weighted by Gasteiger charge is -2.10. The minimum absolute atomic E-state index is 0.233. The van der Waals surface area contributed by atoms with Gasteiger partial charge in [-0.25, -0.2) is 4.99 Å². The van der Waals surface area contributed by atoms with Gasteiger partial charge >= 0.3 is 0 Å². The molecule has 1 amide bonds. The summed E-state index contributed by atoms with van der Waals surface area (Å²) in [5, 5.41) is 4.47. The fourth-order valence-corrected chi connectivity index (χ4v) is 4.17. The van der Waals surface area contributed by atoms with E-state index in [0.717, 1.165) is 11.3 Å². The highest BCUT2D eigenvalue weighted by atomic mass is 35.5. The monoisotopic (exact) mass is 484 g/mol. The van der Waals surface area contributed by atoms with Crippen LogP contribution in [0.1, 0.15) is 11.1 Å². The molecule has 32 heavy (non-hydrogen) atoms. The minimum Gasteiger partial charge on any atom is -0.497 e. The molecule has 1 fully saturated rings. The standard InChI is InChI=1S/C24H18Cl2N2O3S/c1-30-20-8-6-19(7-9-20)27-24-28-23(29)22(32-24)13-16-12-18(26)5-10-21(16)31-14-15-3-2-4-17(25)11-15/h2-13H,14H2,1H3,(H,27,28,29)/b22-13-. The number of carbonyl (C=O) groups excluding carboxylic acids is 1. The number of benzene rings is 3. The number of nitrogens with zero attached hydrogens (tertiary/aromatic N) is 1. The number of carbonyl (C=O) groups is 1. The number of thioether (sulfide) groups is 1. The Morgan fingerprint density at radius 3 is 2.56 bits per heavy atom. The molecule has 0 aliphatic carbocycles. The molecule has 5 nitrogen and oxygen atoms in total. The van der Waals surface area contributed by atoms with Crippen molar-refractivity contribution in [3.8, 4) is 11.5 Å². The third kappa shape index (κ3) is 5.65. The van der Waals surface area contributed by atoms with Gasteiger partial charge < -0.3 is 14.8 Å². The number of ether oxygens (including phenoxy) is 2. The zero-order chi connectivity index (χ0) is 22.5. The molecule has 0 aromatic heterocycles. The first-order valence-corrected chi connectivity index (χ1v) is 11.2. The molecule has 0 spiro atoms. The lowest BCUT2D eigenvalue weighted by molar-refractivity contribution is -0.115. The van der Waals surface area contributed by atoms with Crippen molar-refractivity contribution >= 4 is 57.8 Å². The van der Waals surface area contributed by atoms with Crippen LogP contribution in [0.15, 0.2) is 76.6 Å². The van der Waals surface area contributed by atoms with Crippen LogP contribution in [0, 0.1) is 0 Å². The van der Waals surface area contributed by atoms with Gasteiger partial charge in [0.25, 0.3) is 5.91 Å². The molecule has 1 saturated heterocycles. The summed E-state index contributed by atoms with van der Waals surface area (Å²) in [4.78, 5) is 17.5. The van der Waals surface area contributed by atoms with Crippen LogP contribution in [0.4, 0.5) is 5.69 Å². The van der Waals surface area contributed by atoms with Crippen molar-refractivity contribution in [1.82, 2.24) is 5.32 Å². The number of halogens is 2. The second-order valence-corrected chi connectivity index (χ2v) is 8.68. The lowest BCUT2D eigenvalue weighted by Crippen LogP contribution is -2.19. The van der Waals surface area contributed by atoms with Crippen molar-refractivity contribution in [3.05, 3.63) is 92.8 Å². The molecule has 3 aromatic carbocycles. The Kier molecular flexibility index (Phi) is 7.05.